The molecule has 2 rings (SSSR count). The van der Waals surface area contributed by atoms with E-state index in [2.05, 4.69) is 19.2 Å². The van der Waals surface area contributed by atoms with Crippen LogP contribution in [-0.2, 0) is 6.42 Å². The van der Waals surface area contributed by atoms with E-state index < -0.39 is 0 Å². The van der Waals surface area contributed by atoms with Crippen molar-refractivity contribution in [3.63, 3.8) is 0 Å². The van der Waals surface area contributed by atoms with Gasteiger partial charge in [0.1, 0.15) is 17.7 Å². The molecule has 3 heteroatoms. The van der Waals surface area contributed by atoms with Gasteiger partial charge in [-0.3, -0.25) is 0 Å². The summed E-state index contributed by atoms with van der Waals surface area (Å²) < 4.78 is 18.6. The number of benzene rings is 1. The van der Waals surface area contributed by atoms with Crippen molar-refractivity contribution < 1.29 is 9.13 Å². The second-order valence-electron chi connectivity index (χ2n) is 4.26. The van der Waals surface area contributed by atoms with Crippen molar-refractivity contribution in [2.75, 3.05) is 6.54 Å². The van der Waals surface area contributed by atoms with Crippen LogP contribution in [0.25, 0.3) is 0 Å². The summed E-state index contributed by atoms with van der Waals surface area (Å²) in [6, 6.07) is 5.16. The summed E-state index contributed by atoms with van der Waals surface area (Å²) in [4.78, 5) is 0. The molecule has 15 heavy (non-hydrogen) atoms. The fourth-order valence-corrected chi connectivity index (χ4v) is 1.77. The van der Waals surface area contributed by atoms with E-state index in [0.29, 0.717) is 6.04 Å². The van der Waals surface area contributed by atoms with Crippen LogP contribution in [0.5, 0.6) is 5.75 Å². The summed E-state index contributed by atoms with van der Waals surface area (Å²) in [6.45, 7) is 5.01. The predicted octanol–water partition coefficient (Wildman–Crippen LogP) is 2.13. The molecule has 0 aromatic heterocycles. The standard InChI is InChI=1S/C12H16FNO/c1-8(2)14-7-11-6-9-5-10(13)3-4-12(9)15-11/h3-5,8,11,14H,6-7H2,1-2H3. The normalized spacial score (nSPS) is 19.1. The maximum absolute atomic E-state index is 12.9. The van der Waals surface area contributed by atoms with Crippen LogP contribution in [0.15, 0.2) is 18.2 Å². The number of fused-ring (bicyclic) bond motifs is 1. The van der Waals surface area contributed by atoms with E-state index in [9.17, 15) is 4.39 Å². The highest BCUT2D eigenvalue weighted by Gasteiger charge is 2.22. The average molecular weight is 209 g/mol. The van der Waals surface area contributed by atoms with Gasteiger partial charge in [0.05, 0.1) is 0 Å². The Hall–Kier alpha value is -1.09. The maximum atomic E-state index is 12.9. The van der Waals surface area contributed by atoms with Crippen molar-refractivity contribution in [1.82, 2.24) is 5.32 Å². The largest absolute Gasteiger partial charge is 0.488 e. The molecule has 0 fully saturated rings. The van der Waals surface area contributed by atoms with Crippen LogP contribution in [0.3, 0.4) is 0 Å². The minimum atomic E-state index is -0.185. The molecule has 2 nitrogen and oxygen atoms in total. The van der Waals surface area contributed by atoms with Crippen LogP contribution >= 0.6 is 0 Å². The Kier molecular flexibility index (Phi) is 2.91. The number of halogens is 1. The molecule has 1 N–H and O–H groups in total. The topological polar surface area (TPSA) is 21.3 Å². The smallest absolute Gasteiger partial charge is 0.123 e. The van der Waals surface area contributed by atoms with E-state index in [0.717, 1.165) is 24.3 Å². The van der Waals surface area contributed by atoms with Crippen molar-refractivity contribution >= 4 is 0 Å². The third kappa shape index (κ3) is 2.48. The van der Waals surface area contributed by atoms with Crippen LogP contribution in [0.2, 0.25) is 0 Å². The average Bonchev–Trinajstić information content (AvgIpc) is 2.56. The molecule has 0 bridgehead atoms. The van der Waals surface area contributed by atoms with Crippen LogP contribution in [0, 0.1) is 5.82 Å². The Bertz CT molecular complexity index is 351. The zero-order chi connectivity index (χ0) is 10.8. The molecular weight excluding hydrogens is 193 g/mol. The van der Waals surface area contributed by atoms with Crippen LogP contribution in [-0.4, -0.2) is 18.7 Å². The first-order valence-corrected chi connectivity index (χ1v) is 5.33. The lowest BCUT2D eigenvalue weighted by atomic mass is 10.1. The van der Waals surface area contributed by atoms with E-state index in [1.807, 2.05) is 0 Å². The number of rotatable bonds is 3. The van der Waals surface area contributed by atoms with E-state index in [1.54, 1.807) is 12.1 Å². The fourth-order valence-electron chi connectivity index (χ4n) is 1.77. The van der Waals surface area contributed by atoms with Gasteiger partial charge >= 0.3 is 0 Å². The Morgan fingerprint density at radius 2 is 2.33 bits per heavy atom. The van der Waals surface area contributed by atoms with Gasteiger partial charge in [-0.1, -0.05) is 13.8 Å². The van der Waals surface area contributed by atoms with Crippen molar-refractivity contribution in [1.29, 1.82) is 0 Å². The summed E-state index contributed by atoms with van der Waals surface area (Å²) in [6.07, 6.45) is 0.941. The number of nitrogens with one attached hydrogen (secondary N) is 1. The first-order valence-electron chi connectivity index (χ1n) is 5.33. The van der Waals surface area contributed by atoms with E-state index in [1.165, 1.54) is 6.07 Å². The minimum Gasteiger partial charge on any atom is -0.488 e. The van der Waals surface area contributed by atoms with Gasteiger partial charge < -0.3 is 10.1 Å². The maximum Gasteiger partial charge on any atom is 0.123 e. The second kappa shape index (κ2) is 4.19. The molecule has 0 spiro atoms. The third-order valence-corrected chi connectivity index (χ3v) is 2.52. The molecule has 0 saturated heterocycles. The molecule has 1 heterocycles. The van der Waals surface area contributed by atoms with E-state index >= 15 is 0 Å². The second-order valence-corrected chi connectivity index (χ2v) is 4.26. The molecule has 0 radical (unpaired) electrons. The highest BCUT2D eigenvalue weighted by atomic mass is 19.1. The highest BCUT2D eigenvalue weighted by Crippen LogP contribution is 2.28. The van der Waals surface area contributed by atoms with E-state index in [4.69, 9.17) is 4.74 Å². The molecule has 0 aliphatic carbocycles. The number of ether oxygens (including phenoxy) is 1. The van der Waals surface area contributed by atoms with Gasteiger partial charge in [0.15, 0.2) is 0 Å². The van der Waals surface area contributed by atoms with Gasteiger partial charge in [-0.2, -0.15) is 0 Å². The Morgan fingerprint density at radius 1 is 1.53 bits per heavy atom. The fraction of sp³-hybridized carbons (Fsp3) is 0.500. The SMILES string of the molecule is CC(C)NCC1Cc2cc(F)ccc2O1. The van der Waals surface area contributed by atoms with Gasteiger partial charge in [0, 0.05) is 24.6 Å². The van der Waals surface area contributed by atoms with Crippen molar-refractivity contribution in [3.8, 4) is 5.75 Å². The summed E-state index contributed by atoms with van der Waals surface area (Å²) in [5, 5.41) is 3.32. The van der Waals surface area contributed by atoms with Gasteiger partial charge in [0.25, 0.3) is 0 Å². The molecular formula is C12H16FNO. The number of hydrogen-bond donors (Lipinski definition) is 1. The van der Waals surface area contributed by atoms with Gasteiger partial charge in [-0.15, -0.1) is 0 Å². The minimum absolute atomic E-state index is 0.143. The van der Waals surface area contributed by atoms with Gasteiger partial charge in [-0.05, 0) is 18.2 Å². The molecule has 1 aromatic rings. The van der Waals surface area contributed by atoms with Crippen LogP contribution in [0.1, 0.15) is 19.4 Å². The number of hydrogen-bond acceptors (Lipinski definition) is 2. The van der Waals surface area contributed by atoms with Crippen molar-refractivity contribution in [3.05, 3.63) is 29.6 Å². The third-order valence-electron chi connectivity index (χ3n) is 2.52. The molecule has 1 aliphatic rings. The lowest BCUT2D eigenvalue weighted by molar-refractivity contribution is 0.223. The molecule has 82 valence electrons. The van der Waals surface area contributed by atoms with Crippen molar-refractivity contribution in [2.45, 2.75) is 32.4 Å². The zero-order valence-corrected chi connectivity index (χ0v) is 9.09. The lowest BCUT2D eigenvalue weighted by Crippen LogP contribution is -2.34. The molecule has 1 aliphatic heterocycles. The zero-order valence-electron chi connectivity index (χ0n) is 9.09. The highest BCUT2D eigenvalue weighted by molar-refractivity contribution is 5.37. The molecule has 1 aromatic carbocycles. The summed E-state index contributed by atoms with van der Waals surface area (Å²) >= 11 is 0. The molecule has 1 unspecified atom stereocenters. The summed E-state index contributed by atoms with van der Waals surface area (Å²) in [5.41, 5.74) is 0.977. The van der Waals surface area contributed by atoms with Crippen molar-refractivity contribution in [2.24, 2.45) is 0 Å². The lowest BCUT2D eigenvalue weighted by Gasteiger charge is -2.13. The monoisotopic (exact) mass is 209 g/mol. The molecule has 0 saturated carbocycles. The molecule has 0 amide bonds. The molecule has 1 atom stereocenters. The Balaban J connectivity index is 1.97. The first-order chi connectivity index (χ1) is 7.15. The van der Waals surface area contributed by atoms with Gasteiger partial charge in [0.2, 0.25) is 0 Å². The Morgan fingerprint density at radius 3 is 3.07 bits per heavy atom. The first kappa shape index (κ1) is 10.4. The van der Waals surface area contributed by atoms with E-state index in [-0.39, 0.29) is 11.9 Å². The summed E-state index contributed by atoms with van der Waals surface area (Å²) in [7, 11) is 0. The van der Waals surface area contributed by atoms with Crippen LogP contribution < -0.4 is 10.1 Å². The predicted molar refractivity (Wildman–Crippen MR) is 57.7 cm³/mol. The summed E-state index contributed by atoms with van der Waals surface area (Å²) in [5.74, 6) is 0.641. The Labute approximate surface area is 89.4 Å². The van der Waals surface area contributed by atoms with Crippen LogP contribution in [0.4, 0.5) is 4.39 Å². The quantitative estimate of drug-likeness (QED) is 0.823. The van der Waals surface area contributed by atoms with Gasteiger partial charge in [-0.25, -0.2) is 4.39 Å².